The van der Waals surface area contributed by atoms with E-state index in [4.69, 9.17) is 11.6 Å². The molecule has 0 aliphatic rings. The van der Waals surface area contributed by atoms with Gasteiger partial charge in [-0.15, -0.1) is 0 Å². The molecule has 23 heavy (non-hydrogen) atoms. The largest absolute Gasteiger partial charge is 0.352 e. The van der Waals surface area contributed by atoms with Crippen LogP contribution < -0.4 is 5.32 Å². The van der Waals surface area contributed by atoms with E-state index in [-0.39, 0.29) is 0 Å². The molecule has 1 heterocycles. The standard InChI is InChI=1S/C17H10Br2ClN3/c1-9-4-12(19)5-14(20)16(9)23-17-10(7-21)8-22-15-6-11(18)2-3-13(15)17/h2-6,8H,1H3,(H,22,23). The SMILES string of the molecule is Cc1cc(Br)cc(Cl)c1Nc1c(C#N)cnc2cc(Br)ccc12. The lowest BCUT2D eigenvalue weighted by molar-refractivity contribution is 1.35. The van der Waals surface area contributed by atoms with Gasteiger partial charge >= 0.3 is 0 Å². The van der Waals surface area contributed by atoms with Gasteiger partial charge in [-0.1, -0.05) is 43.5 Å². The monoisotopic (exact) mass is 449 g/mol. The van der Waals surface area contributed by atoms with Crippen molar-refractivity contribution in [1.29, 1.82) is 5.26 Å². The van der Waals surface area contributed by atoms with Crippen LogP contribution >= 0.6 is 43.5 Å². The smallest absolute Gasteiger partial charge is 0.103 e. The molecular weight excluding hydrogens is 441 g/mol. The van der Waals surface area contributed by atoms with Gasteiger partial charge in [0.1, 0.15) is 6.07 Å². The molecular formula is C17H10Br2ClN3. The Morgan fingerprint density at radius 3 is 2.61 bits per heavy atom. The van der Waals surface area contributed by atoms with Crippen LogP contribution in [-0.4, -0.2) is 4.98 Å². The molecule has 0 radical (unpaired) electrons. The molecule has 0 aliphatic heterocycles. The van der Waals surface area contributed by atoms with E-state index in [0.717, 1.165) is 31.1 Å². The van der Waals surface area contributed by atoms with Crippen molar-refractivity contribution in [3.8, 4) is 6.07 Å². The molecule has 0 spiro atoms. The quantitative estimate of drug-likeness (QED) is 0.495. The lowest BCUT2D eigenvalue weighted by Crippen LogP contribution is -1.99. The highest BCUT2D eigenvalue weighted by Gasteiger charge is 2.13. The molecule has 0 fully saturated rings. The van der Waals surface area contributed by atoms with E-state index < -0.39 is 0 Å². The van der Waals surface area contributed by atoms with Crippen LogP contribution in [0.5, 0.6) is 0 Å². The fraction of sp³-hybridized carbons (Fsp3) is 0.0588. The highest BCUT2D eigenvalue weighted by molar-refractivity contribution is 9.10. The predicted molar refractivity (Wildman–Crippen MR) is 101 cm³/mol. The molecule has 0 aliphatic carbocycles. The average molecular weight is 452 g/mol. The van der Waals surface area contributed by atoms with Crippen molar-refractivity contribution in [2.75, 3.05) is 5.32 Å². The highest BCUT2D eigenvalue weighted by atomic mass is 79.9. The lowest BCUT2D eigenvalue weighted by atomic mass is 10.1. The van der Waals surface area contributed by atoms with Crippen molar-refractivity contribution in [2.24, 2.45) is 0 Å². The first-order valence-electron chi connectivity index (χ1n) is 6.70. The minimum absolute atomic E-state index is 0.471. The first-order chi connectivity index (χ1) is 11.0. The molecule has 0 atom stereocenters. The van der Waals surface area contributed by atoms with Crippen LogP contribution in [0.25, 0.3) is 10.9 Å². The predicted octanol–water partition coefficient (Wildman–Crippen LogP) is 6.34. The Morgan fingerprint density at radius 1 is 1.13 bits per heavy atom. The normalized spacial score (nSPS) is 10.6. The zero-order valence-corrected chi connectivity index (χ0v) is 15.9. The molecule has 114 valence electrons. The maximum atomic E-state index is 9.41. The van der Waals surface area contributed by atoms with Gasteiger partial charge in [-0.3, -0.25) is 4.98 Å². The third kappa shape index (κ3) is 3.20. The molecule has 1 N–H and O–H groups in total. The van der Waals surface area contributed by atoms with Crippen molar-refractivity contribution >= 4 is 65.7 Å². The lowest BCUT2D eigenvalue weighted by Gasteiger charge is -2.15. The zero-order chi connectivity index (χ0) is 16.6. The van der Waals surface area contributed by atoms with E-state index in [1.54, 1.807) is 6.20 Å². The number of nitriles is 1. The number of aromatic nitrogens is 1. The number of fused-ring (bicyclic) bond motifs is 1. The van der Waals surface area contributed by atoms with Crippen LogP contribution in [0.15, 0.2) is 45.5 Å². The molecule has 6 heteroatoms. The third-order valence-corrected chi connectivity index (χ3v) is 4.70. The number of benzene rings is 2. The first-order valence-corrected chi connectivity index (χ1v) is 8.67. The number of anilines is 2. The summed E-state index contributed by atoms with van der Waals surface area (Å²) in [6.45, 7) is 1.96. The van der Waals surface area contributed by atoms with Gasteiger partial charge in [-0.2, -0.15) is 5.26 Å². The van der Waals surface area contributed by atoms with Gasteiger partial charge in [0.2, 0.25) is 0 Å². The highest BCUT2D eigenvalue weighted by Crippen LogP contribution is 2.36. The summed E-state index contributed by atoms with van der Waals surface area (Å²) < 4.78 is 1.85. The van der Waals surface area contributed by atoms with Gasteiger partial charge in [-0.25, -0.2) is 0 Å². The maximum Gasteiger partial charge on any atom is 0.103 e. The van der Waals surface area contributed by atoms with Crippen molar-refractivity contribution in [3.63, 3.8) is 0 Å². The Balaban J connectivity index is 2.22. The second kappa shape index (κ2) is 6.48. The second-order valence-electron chi connectivity index (χ2n) is 5.02. The van der Waals surface area contributed by atoms with Crippen LogP contribution in [0.3, 0.4) is 0 Å². The molecule has 3 rings (SSSR count). The van der Waals surface area contributed by atoms with Crippen LogP contribution in [0.1, 0.15) is 11.1 Å². The number of halogens is 3. The Morgan fingerprint density at radius 2 is 1.91 bits per heavy atom. The first kappa shape index (κ1) is 16.3. The Kier molecular flexibility index (Phi) is 4.58. The maximum absolute atomic E-state index is 9.41. The van der Waals surface area contributed by atoms with E-state index in [2.05, 4.69) is 48.2 Å². The Labute approximate surface area is 155 Å². The van der Waals surface area contributed by atoms with Crippen molar-refractivity contribution in [3.05, 3.63) is 61.6 Å². The fourth-order valence-corrected chi connectivity index (χ4v) is 3.74. The summed E-state index contributed by atoms with van der Waals surface area (Å²) in [6.07, 6.45) is 1.57. The van der Waals surface area contributed by atoms with E-state index in [1.807, 2.05) is 37.3 Å². The van der Waals surface area contributed by atoms with Crippen molar-refractivity contribution < 1.29 is 0 Å². The number of aryl methyl sites for hydroxylation is 1. The summed E-state index contributed by atoms with van der Waals surface area (Å²) in [5.74, 6) is 0. The van der Waals surface area contributed by atoms with E-state index in [1.165, 1.54) is 0 Å². The minimum atomic E-state index is 0.471. The summed E-state index contributed by atoms with van der Waals surface area (Å²) in [5, 5.41) is 14.2. The van der Waals surface area contributed by atoms with Gasteiger partial charge in [0, 0.05) is 20.5 Å². The van der Waals surface area contributed by atoms with E-state index >= 15 is 0 Å². The molecule has 3 aromatic rings. The molecule has 1 aromatic heterocycles. The van der Waals surface area contributed by atoms with Gasteiger partial charge in [0.25, 0.3) is 0 Å². The Bertz CT molecular complexity index is 941. The van der Waals surface area contributed by atoms with Gasteiger partial charge in [0.05, 0.1) is 27.5 Å². The second-order valence-corrected chi connectivity index (χ2v) is 7.26. The molecule has 0 amide bonds. The van der Waals surface area contributed by atoms with Crippen LogP contribution in [-0.2, 0) is 0 Å². The zero-order valence-electron chi connectivity index (χ0n) is 12.0. The summed E-state index contributed by atoms with van der Waals surface area (Å²) in [7, 11) is 0. The average Bonchev–Trinajstić information content (AvgIpc) is 2.50. The molecule has 0 saturated heterocycles. The van der Waals surface area contributed by atoms with Crippen molar-refractivity contribution in [2.45, 2.75) is 6.92 Å². The molecule has 0 unspecified atom stereocenters. The number of hydrogen-bond donors (Lipinski definition) is 1. The third-order valence-electron chi connectivity index (χ3n) is 3.45. The van der Waals surface area contributed by atoms with Crippen LogP contribution in [0, 0.1) is 18.3 Å². The fourth-order valence-electron chi connectivity index (χ4n) is 2.37. The van der Waals surface area contributed by atoms with E-state index in [0.29, 0.717) is 16.3 Å². The number of pyridine rings is 1. The van der Waals surface area contributed by atoms with E-state index in [9.17, 15) is 5.26 Å². The molecule has 2 aromatic carbocycles. The number of nitrogens with zero attached hydrogens (tertiary/aromatic N) is 2. The van der Waals surface area contributed by atoms with Gasteiger partial charge in [-0.05, 0) is 42.8 Å². The molecule has 3 nitrogen and oxygen atoms in total. The topological polar surface area (TPSA) is 48.7 Å². The summed E-state index contributed by atoms with van der Waals surface area (Å²) in [4.78, 5) is 4.34. The number of nitrogens with one attached hydrogen (secondary N) is 1. The van der Waals surface area contributed by atoms with Crippen LogP contribution in [0.4, 0.5) is 11.4 Å². The number of rotatable bonds is 2. The molecule has 0 bridgehead atoms. The molecule has 0 saturated carbocycles. The summed E-state index contributed by atoms with van der Waals surface area (Å²) in [5.41, 5.74) is 3.74. The number of hydrogen-bond acceptors (Lipinski definition) is 3. The van der Waals surface area contributed by atoms with Gasteiger partial charge < -0.3 is 5.32 Å². The summed E-state index contributed by atoms with van der Waals surface area (Å²) >= 11 is 13.2. The van der Waals surface area contributed by atoms with Gasteiger partial charge in [0.15, 0.2) is 0 Å². The summed E-state index contributed by atoms with van der Waals surface area (Å²) in [6, 6.07) is 11.7. The minimum Gasteiger partial charge on any atom is -0.352 e. The van der Waals surface area contributed by atoms with Crippen molar-refractivity contribution in [1.82, 2.24) is 4.98 Å². The Hall–Kier alpha value is -1.61. The van der Waals surface area contributed by atoms with Crippen LogP contribution in [0.2, 0.25) is 5.02 Å².